The first-order chi connectivity index (χ1) is 18.9. The smallest absolute Gasteiger partial charge is 0.264 e. The van der Waals surface area contributed by atoms with Crippen molar-refractivity contribution in [2.24, 2.45) is 0 Å². The van der Waals surface area contributed by atoms with E-state index >= 15 is 0 Å². The van der Waals surface area contributed by atoms with Crippen molar-refractivity contribution >= 4 is 62.3 Å². The van der Waals surface area contributed by atoms with Gasteiger partial charge in [-0.1, -0.05) is 66.0 Å². The molecule has 0 fully saturated rings. The summed E-state index contributed by atoms with van der Waals surface area (Å²) < 4.78 is 42.4. The van der Waals surface area contributed by atoms with Crippen molar-refractivity contribution in [2.45, 2.75) is 50.7 Å². The Balaban J connectivity index is 2.12. The minimum absolute atomic E-state index is 0.0287. The lowest BCUT2D eigenvalue weighted by Crippen LogP contribution is -2.53. The van der Waals surface area contributed by atoms with E-state index in [2.05, 4.69) is 5.32 Å². The highest BCUT2D eigenvalue weighted by Crippen LogP contribution is 2.30. The largest absolute Gasteiger partial charge is 0.352 e. The molecular formula is C28H29Cl3FN3O4S. The van der Waals surface area contributed by atoms with E-state index in [0.717, 1.165) is 16.4 Å². The molecule has 0 aliphatic rings. The van der Waals surface area contributed by atoms with Crippen LogP contribution in [0.25, 0.3) is 0 Å². The summed E-state index contributed by atoms with van der Waals surface area (Å²) in [5.74, 6) is -1.88. The summed E-state index contributed by atoms with van der Waals surface area (Å²) in [6.07, 6.45) is 0.222. The summed E-state index contributed by atoms with van der Waals surface area (Å²) in [6.45, 7) is 4.43. The van der Waals surface area contributed by atoms with Gasteiger partial charge in [-0.05, 0) is 62.7 Å². The molecule has 0 spiro atoms. The van der Waals surface area contributed by atoms with Crippen molar-refractivity contribution in [3.8, 4) is 0 Å². The third-order valence-electron chi connectivity index (χ3n) is 6.01. The van der Waals surface area contributed by atoms with E-state index in [1.807, 2.05) is 0 Å². The first kappa shape index (κ1) is 31.7. The van der Waals surface area contributed by atoms with E-state index in [0.29, 0.717) is 5.56 Å². The summed E-state index contributed by atoms with van der Waals surface area (Å²) in [7, 11) is -4.32. The Bertz CT molecular complexity index is 1450. The highest BCUT2D eigenvalue weighted by Gasteiger charge is 2.34. The summed E-state index contributed by atoms with van der Waals surface area (Å²) in [6, 6.07) is 14.5. The molecule has 1 N–H and O–H groups in total. The predicted octanol–water partition coefficient (Wildman–Crippen LogP) is 6.31. The number of rotatable bonds is 11. The molecule has 0 radical (unpaired) electrons. The van der Waals surface area contributed by atoms with Crippen LogP contribution in [0.15, 0.2) is 71.6 Å². The fourth-order valence-electron chi connectivity index (χ4n) is 4.04. The molecule has 3 aromatic rings. The maximum Gasteiger partial charge on any atom is 0.264 e. The molecule has 2 amide bonds. The number of carbonyl (C=O) groups excluding carboxylic acids is 2. The van der Waals surface area contributed by atoms with Crippen LogP contribution in [0.3, 0.4) is 0 Å². The Kier molecular flexibility index (Phi) is 10.8. The lowest BCUT2D eigenvalue weighted by Gasteiger charge is -2.34. The average Bonchev–Trinajstić information content (AvgIpc) is 2.90. The van der Waals surface area contributed by atoms with Crippen LogP contribution in [0.1, 0.15) is 32.8 Å². The molecule has 0 aromatic heterocycles. The molecule has 0 saturated carbocycles. The number of hydrogen-bond donors (Lipinski definition) is 1. The Labute approximate surface area is 248 Å². The van der Waals surface area contributed by atoms with E-state index in [-0.39, 0.29) is 44.7 Å². The molecule has 0 saturated heterocycles. The molecule has 7 nitrogen and oxygen atoms in total. The zero-order valence-corrected chi connectivity index (χ0v) is 25.2. The van der Waals surface area contributed by atoms with E-state index in [4.69, 9.17) is 34.8 Å². The van der Waals surface area contributed by atoms with Gasteiger partial charge in [0, 0.05) is 28.2 Å². The van der Waals surface area contributed by atoms with Crippen LogP contribution in [-0.2, 0) is 26.2 Å². The fourth-order valence-corrected chi connectivity index (χ4v) is 6.16. The van der Waals surface area contributed by atoms with Gasteiger partial charge in [0.05, 0.1) is 15.6 Å². The molecule has 40 heavy (non-hydrogen) atoms. The lowest BCUT2D eigenvalue weighted by atomic mass is 10.1. The highest BCUT2D eigenvalue weighted by atomic mass is 35.5. The Morgan fingerprint density at radius 3 is 2.10 bits per heavy atom. The first-order valence-corrected chi connectivity index (χ1v) is 15.0. The monoisotopic (exact) mass is 627 g/mol. The number of nitrogens with one attached hydrogen (secondary N) is 1. The number of amides is 2. The molecule has 0 unspecified atom stereocenters. The van der Waals surface area contributed by atoms with Crippen molar-refractivity contribution in [1.29, 1.82) is 0 Å². The molecule has 12 heteroatoms. The number of hydrogen-bond acceptors (Lipinski definition) is 4. The third-order valence-corrected chi connectivity index (χ3v) is 8.79. The zero-order valence-electron chi connectivity index (χ0n) is 22.1. The second-order valence-electron chi connectivity index (χ2n) is 9.23. The fraction of sp³-hybridized carbons (Fsp3) is 0.286. The van der Waals surface area contributed by atoms with E-state index in [1.165, 1.54) is 23.1 Å². The maximum absolute atomic E-state index is 14.0. The standard InChI is InChI=1S/C28H29Cl3FN3O4S/c1-4-26(28(37)33-18(2)3)34(16-21-22(29)11-8-12-23(21)30)27(36)17-35(19-13-14-25(32)24(31)15-19)40(38,39)20-9-6-5-7-10-20/h5-15,18,26H,4,16-17H2,1-3H3,(H,33,37)/t26-/m1/s1. The molecule has 214 valence electrons. The predicted molar refractivity (Wildman–Crippen MR) is 157 cm³/mol. The molecular weight excluding hydrogens is 600 g/mol. The van der Waals surface area contributed by atoms with Gasteiger partial charge in [0.2, 0.25) is 11.8 Å². The zero-order chi connectivity index (χ0) is 29.6. The normalized spacial score (nSPS) is 12.2. The van der Waals surface area contributed by atoms with Crippen molar-refractivity contribution in [3.05, 3.63) is 93.2 Å². The third kappa shape index (κ3) is 7.46. The Morgan fingerprint density at radius 2 is 1.55 bits per heavy atom. The van der Waals surface area contributed by atoms with Gasteiger partial charge in [-0.3, -0.25) is 13.9 Å². The van der Waals surface area contributed by atoms with Gasteiger partial charge in [-0.2, -0.15) is 0 Å². The second-order valence-corrected chi connectivity index (χ2v) is 12.3. The van der Waals surface area contributed by atoms with Gasteiger partial charge < -0.3 is 10.2 Å². The summed E-state index contributed by atoms with van der Waals surface area (Å²) in [5.41, 5.74) is 0.372. The minimum Gasteiger partial charge on any atom is -0.352 e. The number of carbonyl (C=O) groups is 2. The summed E-state index contributed by atoms with van der Waals surface area (Å²) >= 11 is 18.8. The molecule has 0 bridgehead atoms. The van der Waals surface area contributed by atoms with Gasteiger partial charge in [-0.15, -0.1) is 0 Å². The van der Waals surface area contributed by atoms with Gasteiger partial charge in [0.15, 0.2) is 0 Å². The van der Waals surface area contributed by atoms with E-state index in [1.54, 1.807) is 57.2 Å². The van der Waals surface area contributed by atoms with Gasteiger partial charge in [0.25, 0.3) is 10.0 Å². The molecule has 3 aromatic carbocycles. The average molecular weight is 629 g/mol. The molecule has 0 aliphatic heterocycles. The Hall–Kier alpha value is -2.85. The van der Waals surface area contributed by atoms with Crippen LogP contribution in [0.4, 0.5) is 10.1 Å². The van der Waals surface area contributed by atoms with Gasteiger partial charge >= 0.3 is 0 Å². The number of sulfonamides is 1. The van der Waals surface area contributed by atoms with Crippen molar-refractivity contribution < 1.29 is 22.4 Å². The van der Waals surface area contributed by atoms with Gasteiger partial charge in [0.1, 0.15) is 18.4 Å². The molecule has 0 heterocycles. The van der Waals surface area contributed by atoms with Crippen LogP contribution < -0.4 is 9.62 Å². The topological polar surface area (TPSA) is 86.8 Å². The van der Waals surface area contributed by atoms with Crippen molar-refractivity contribution in [3.63, 3.8) is 0 Å². The van der Waals surface area contributed by atoms with Crippen LogP contribution in [0.2, 0.25) is 15.1 Å². The second kappa shape index (κ2) is 13.7. The van der Waals surface area contributed by atoms with Crippen LogP contribution in [0.5, 0.6) is 0 Å². The molecule has 3 rings (SSSR count). The van der Waals surface area contributed by atoms with Crippen LogP contribution in [0, 0.1) is 5.82 Å². The number of halogens is 4. The summed E-state index contributed by atoms with van der Waals surface area (Å²) in [5, 5.41) is 3.05. The van der Waals surface area contributed by atoms with Crippen molar-refractivity contribution in [1.82, 2.24) is 10.2 Å². The van der Waals surface area contributed by atoms with Crippen LogP contribution in [-0.4, -0.2) is 43.8 Å². The maximum atomic E-state index is 14.0. The SMILES string of the molecule is CC[C@H](C(=O)NC(C)C)N(Cc1c(Cl)cccc1Cl)C(=O)CN(c1ccc(F)c(Cl)c1)S(=O)(=O)c1ccccc1. The Morgan fingerprint density at radius 1 is 0.925 bits per heavy atom. The number of nitrogens with zero attached hydrogens (tertiary/aromatic N) is 2. The van der Waals surface area contributed by atoms with Crippen molar-refractivity contribution in [2.75, 3.05) is 10.8 Å². The first-order valence-electron chi connectivity index (χ1n) is 12.4. The number of benzene rings is 3. The lowest BCUT2D eigenvalue weighted by molar-refractivity contribution is -0.140. The summed E-state index contributed by atoms with van der Waals surface area (Å²) in [4.78, 5) is 28.4. The van der Waals surface area contributed by atoms with E-state index in [9.17, 15) is 22.4 Å². The molecule has 0 aliphatic carbocycles. The van der Waals surface area contributed by atoms with Crippen LogP contribution >= 0.6 is 34.8 Å². The highest BCUT2D eigenvalue weighted by molar-refractivity contribution is 7.92. The minimum atomic E-state index is -4.32. The molecule has 1 atom stereocenters. The van der Waals surface area contributed by atoms with E-state index < -0.39 is 40.2 Å². The van der Waals surface area contributed by atoms with Gasteiger partial charge in [-0.25, -0.2) is 12.8 Å². The number of anilines is 1. The quantitative estimate of drug-likeness (QED) is 0.270.